The molecule has 4 atom stereocenters. The summed E-state index contributed by atoms with van der Waals surface area (Å²) in [6.45, 7) is 4.52. The fourth-order valence-electron chi connectivity index (χ4n) is 8.39. The quantitative estimate of drug-likeness (QED) is 0.466. The van der Waals surface area contributed by atoms with Gasteiger partial charge < -0.3 is 35.8 Å². The maximum atomic E-state index is 13.5. The number of piperidine rings is 1. The molecule has 4 heterocycles. The molecule has 2 saturated carbocycles. The Morgan fingerprint density at radius 1 is 1.21 bits per heavy atom. The first-order valence-corrected chi connectivity index (χ1v) is 16.0. The van der Waals surface area contributed by atoms with Gasteiger partial charge in [-0.25, -0.2) is 4.98 Å². The van der Waals surface area contributed by atoms with Crippen LogP contribution in [0.1, 0.15) is 74.2 Å². The summed E-state index contributed by atoms with van der Waals surface area (Å²) in [6.07, 6.45) is 10.4. The highest BCUT2D eigenvalue weighted by Crippen LogP contribution is 2.43. The first kappa shape index (κ1) is 28.3. The van der Waals surface area contributed by atoms with E-state index in [1.54, 1.807) is 11.1 Å². The van der Waals surface area contributed by atoms with Gasteiger partial charge in [-0.1, -0.05) is 19.8 Å². The molecule has 0 bridgehead atoms. The molecule has 4 unspecified atom stereocenters. The van der Waals surface area contributed by atoms with Crippen LogP contribution in [0.5, 0.6) is 5.75 Å². The van der Waals surface area contributed by atoms with Crippen LogP contribution in [-0.4, -0.2) is 84.1 Å². The smallest absolute Gasteiger partial charge is 0.251 e. The number of likely N-dealkylation sites (tertiary alicyclic amines) is 1. The fraction of sp³-hybridized carbons (Fsp3) is 0.625. The summed E-state index contributed by atoms with van der Waals surface area (Å²) in [7, 11) is 3.93. The number of rotatable bonds is 6. The Morgan fingerprint density at radius 2 is 2.02 bits per heavy atom. The summed E-state index contributed by atoms with van der Waals surface area (Å²) >= 11 is 0. The lowest BCUT2D eigenvalue weighted by molar-refractivity contribution is -0.120. The summed E-state index contributed by atoms with van der Waals surface area (Å²) in [5.74, 6) is 2.40. The third kappa shape index (κ3) is 4.90. The van der Waals surface area contributed by atoms with Crippen molar-refractivity contribution >= 4 is 35.0 Å². The van der Waals surface area contributed by atoms with Crippen molar-refractivity contribution in [3.8, 4) is 5.75 Å². The molecule has 0 spiro atoms. The Kier molecular flexibility index (Phi) is 7.20. The van der Waals surface area contributed by atoms with Crippen LogP contribution < -0.4 is 30.9 Å². The van der Waals surface area contributed by atoms with Crippen LogP contribution in [0.15, 0.2) is 18.3 Å². The minimum Gasteiger partial charge on any atom is -0.491 e. The van der Waals surface area contributed by atoms with Crippen molar-refractivity contribution in [1.82, 2.24) is 20.2 Å². The Balaban J connectivity index is 1.12. The van der Waals surface area contributed by atoms with Gasteiger partial charge in [-0.05, 0) is 70.2 Å². The second-order valence-corrected chi connectivity index (χ2v) is 13.3. The van der Waals surface area contributed by atoms with Crippen LogP contribution >= 0.6 is 0 Å². The zero-order chi connectivity index (χ0) is 29.9. The van der Waals surface area contributed by atoms with Crippen LogP contribution in [0.25, 0.3) is 0 Å². The van der Waals surface area contributed by atoms with Gasteiger partial charge in [0.05, 0.1) is 18.5 Å². The van der Waals surface area contributed by atoms with Crippen molar-refractivity contribution in [3.05, 3.63) is 29.5 Å². The molecule has 0 radical (unpaired) electrons. The molecule has 11 heteroatoms. The average molecular weight is 589 g/mol. The van der Waals surface area contributed by atoms with E-state index in [1.165, 1.54) is 12.8 Å². The molecule has 2 aliphatic carbocycles. The molecular formula is C32H44N8O3. The average Bonchev–Trinajstić information content (AvgIpc) is 3.75. The van der Waals surface area contributed by atoms with E-state index in [0.29, 0.717) is 42.2 Å². The summed E-state index contributed by atoms with van der Waals surface area (Å²) in [5.41, 5.74) is 9.60. The minimum absolute atomic E-state index is 0.0653. The number of fused-ring (bicyclic) bond motifs is 3. The van der Waals surface area contributed by atoms with Crippen LogP contribution in [0.4, 0.5) is 23.1 Å². The topological polar surface area (TPSA) is 129 Å². The highest BCUT2D eigenvalue weighted by molar-refractivity contribution is 6.04. The molecule has 230 valence electrons. The SMILES string of the molecule is CCC1C(=O)N(C)c2cnc(Nc3ccc(C(=O)NC4CC5CCN(C)CC5(N)C4)c4c3OCC4)nc2N1C1CCCC1. The minimum atomic E-state index is -0.231. The highest BCUT2D eigenvalue weighted by Gasteiger charge is 2.47. The van der Waals surface area contributed by atoms with Gasteiger partial charge >= 0.3 is 0 Å². The van der Waals surface area contributed by atoms with E-state index in [9.17, 15) is 9.59 Å². The molecule has 3 aliphatic heterocycles. The molecule has 1 aromatic carbocycles. The zero-order valence-corrected chi connectivity index (χ0v) is 25.6. The molecule has 2 amide bonds. The van der Waals surface area contributed by atoms with Crippen molar-refractivity contribution < 1.29 is 14.3 Å². The first-order valence-electron chi connectivity index (χ1n) is 16.0. The highest BCUT2D eigenvalue weighted by atomic mass is 16.5. The summed E-state index contributed by atoms with van der Waals surface area (Å²) < 4.78 is 6.06. The number of carbonyl (C=O) groups excluding carboxylic acids is 2. The van der Waals surface area contributed by atoms with Gasteiger partial charge in [0.25, 0.3) is 5.91 Å². The lowest BCUT2D eigenvalue weighted by Crippen LogP contribution is -2.56. The lowest BCUT2D eigenvalue weighted by Gasteiger charge is -2.43. The third-order valence-corrected chi connectivity index (χ3v) is 10.5. The van der Waals surface area contributed by atoms with Gasteiger partial charge in [0.15, 0.2) is 5.82 Å². The third-order valence-electron chi connectivity index (χ3n) is 10.5. The van der Waals surface area contributed by atoms with Gasteiger partial charge in [0.1, 0.15) is 17.5 Å². The number of nitrogens with two attached hydrogens (primary N) is 1. The van der Waals surface area contributed by atoms with Crippen LogP contribution in [-0.2, 0) is 11.2 Å². The van der Waals surface area contributed by atoms with E-state index in [0.717, 1.165) is 74.4 Å². The number of nitrogens with zero attached hydrogens (tertiary/aromatic N) is 5. The van der Waals surface area contributed by atoms with Crippen LogP contribution in [0.2, 0.25) is 0 Å². The van der Waals surface area contributed by atoms with Gasteiger partial charge in [-0.15, -0.1) is 0 Å². The van der Waals surface area contributed by atoms with E-state index < -0.39 is 0 Å². The number of ether oxygens (including phenoxy) is 1. The molecule has 4 N–H and O–H groups in total. The van der Waals surface area contributed by atoms with Gasteiger partial charge in [-0.3, -0.25) is 9.59 Å². The molecule has 3 fully saturated rings. The molecule has 2 aromatic rings. The summed E-state index contributed by atoms with van der Waals surface area (Å²) in [5, 5.41) is 6.67. The van der Waals surface area contributed by atoms with E-state index >= 15 is 0 Å². The Morgan fingerprint density at radius 3 is 2.81 bits per heavy atom. The standard InChI is InChI=1S/C32H44N8O3/c1-4-25-30(42)39(3)26-17-34-31(37-28(26)40(25)21-7-5-6-8-21)36-24-10-9-23(22-12-14-43-27(22)24)29(41)35-20-15-19-11-13-38(2)18-32(19,33)16-20/h9-10,17,19-21,25H,4-8,11-16,18,33H2,1-3H3,(H,35,41)(H,34,36,37). The molecule has 1 saturated heterocycles. The Hall–Kier alpha value is -3.44. The number of nitrogens with one attached hydrogen (secondary N) is 2. The van der Waals surface area contributed by atoms with E-state index in [-0.39, 0.29) is 29.4 Å². The number of aromatic nitrogens is 2. The number of carbonyl (C=O) groups is 2. The second kappa shape index (κ2) is 10.9. The maximum Gasteiger partial charge on any atom is 0.251 e. The Bertz CT molecular complexity index is 1430. The normalized spacial score (nSPS) is 28.8. The monoisotopic (exact) mass is 588 g/mol. The molecule has 5 aliphatic rings. The number of likely N-dealkylation sites (N-methyl/N-ethyl adjacent to an activating group) is 2. The molecular weight excluding hydrogens is 544 g/mol. The first-order chi connectivity index (χ1) is 20.8. The van der Waals surface area contributed by atoms with E-state index in [1.807, 2.05) is 19.2 Å². The lowest BCUT2D eigenvalue weighted by atomic mass is 9.82. The maximum absolute atomic E-state index is 13.5. The predicted molar refractivity (Wildman–Crippen MR) is 166 cm³/mol. The second-order valence-electron chi connectivity index (χ2n) is 13.3. The number of hydrogen-bond acceptors (Lipinski definition) is 9. The molecule has 1 aromatic heterocycles. The van der Waals surface area contributed by atoms with Crippen molar-refractivity contribution in [2.75, 3.05) is 48.9 Å². The number of anilines is 4. The van der Waals surface area contributed by atoms with Crippen LogP contribution in [0, 0.1) is 5.92 Å². The van der Waals surface area contributed by atoms with E-state index in [2.05, 4.69) is 39.4 Å². The zero-order valence-electron chi connectivity index (χ0n) is 25.6. The molecule has 11 nitrogen and oxygen atoms in total. The van der Waals surface area contributed by atoms with Gasteiger partial charge in [0, 0.05) is 48.8 Å². The Labute approximate surface area is 253 Å². The number of benzene rings is 1. The number of hydrogen-bond donors (Lipinski definition) is 3. The predicted octanol–water partition coefficient (Wildman–Crippen LogP) is 3.20. The van der Waals surface area contributed by atoms with Gasteiger partial charge in [-0.2, -0.15) is 4.98 Å². The van der Waals surface area contributed by atoms with Crippen molar-refractivity contribution in [3.63, 3.8) is 0 Å². The molecule has 43 heavy (non-hydrogen) atoms. The van der Waals surface area contributed by atoms with E-state index in [4.69, 9.17) is 15.5 Å². The fourth-order valence-corrected chi connectivity index (χ4v) is 8.39. The van der Waals surface area contributed by atoms with Crippen molar-refractivity contribution in [1.29, 1.82) is 0 Å². The molecule has 7 rings (SSSR count). The van der Waals surface area contributed by atoms with Crippen molar-refractivity contribution in [2.24, 2.45) is 11.7 Å². The summed E-state index contributed by atoms with van der Waals surface area (Å²) in [6, 6.07) is 3.91. The largest absolute Gasteiger partial charge is 0.491 e. The van der Waals surface area contributed by atoms with Crippen molar-refractivity contribution in [2.45, 2.75) is 88.4 Å². The van der Waals surface area contributed by atoms with Gasteiger partial charge in [0.2, 0.25) is 11.9 Å². The van der Waals surface area contributed by atoms with Crippen LogP contribution in [0.3, 0.4) is 0 Å². The summed E-state index contributed by atoms with van der Waals surface area (Å²) in [4.78, 5) is 42.6. The number of amides is 2.